The number of benzene rings is 2. The number of rotatable bonds is 7. The highest BCUT2D eigenvalue weighted by Gasteiger charge is 2.22. The van der Waals surface area contributed by atoms with E-state index in [1.165, 1.54) is 0 Å². The summed E-state index contributed by atoms with van der Waals surface area (Å²) in [5, 5.41) is 18.2. The minimum atomic E-state index is -0.883. The standard InChI is InChI=1S/C22H23N3O4/c23-21(24)14-3-6-20-15(9-14)10-16(25-20)11-19(22(26)27)13-1-4-17(5-2-13)29-18-7-8-28-12-18/h1-6,9-10,18-19,25H,7-8,11-12H2,(H3,23,24)(H,26,27)/t18-,19?/m0/s1. The van der Waals surface area contributed by atoms with Gasteiger partial charge in [0.2, 0.25) is 0 Å². The number of hydrogen-bond acceptors (Lipinski definition) is 4. The van der Waals surface area contributed by atoms with E-state index >= 15 is 0 Å². The van der Waals surface area contributed by atoms with Crippen LogP contribution < -0.4 is 10.5 Å². The summed E-state index contributed by atoms with van der Waals surface area (Å²) in [5.74, 6) is -0.842. The Morgan fingerprint density at radius 3 is 2.72 bits per heavy atom. The first-order chi connectivity index (χ1) is 14.0. The largest absolute Gasteiger partial charge is 0.488 e. The number of amidine groups is 1. The van der Waals surface area contributed by atoms with Gasteiger partial charge in [0.05, 0.1) is 19.1 Å². The molecule has 29 heavy (non-hydrogen) atoms. The summed E-state index contributed by atoms with van der Waals surface area (Å²) < 4.78 is 11.2. The molecule has 2 aromatic carbocycles. The average molecular weight is 393 g/mol. The molecule has 1 saturated heterocycles. The lowest BCUT2D eigenvalue weighted by molar-refractivity contribution is -0.138. The summed E-state index contributed by atoms with van der Waals surface area (Å²) in [6, 6.07) is 14.6. The van der Waals surface area contributed by atoms with Crippen LogP contribution in [0.2, 0.25) is 0 Å². The van der Waals surface area contributed by atoms with Crippen molar-refractivity contribution in [1.82, 2.24) is 4.98 Å². The fourth-order valence-corrected chi connectivity index (χ4v) is 3.61. The summed E-state index contributed by atoms with van der Waals surface area (Å²) in [6.07, 6.45) is 1.25. The SMILES string of the molecule is N=C(N)c1ccc2[nH]c(CC(C(=O)O)c3ccc(O[C@H]4CCOC4)cc3)cc2c1. The van der Waals surface area contributed by atoms with Crippen LogP contribution in [-0.2, 0) is 16.0 Å². The highest BCUT2D eigenvalue weighted by atomic mass is 16.5. The number of carboxylic acid groups (broad SMARTS) is 1. The fraction of sp³-hybridized carbons (Fsp3) is 0.273. The van der Waals surface area contributed by atoms with E-state index in [1.807, 2.05) is 30.3 Å². The Morgan fingerprint density at radius 2 is 2.07 bits per heavy atom. The second kappa shape index (κ2) is 7.97. The molecule has 5 N–H and O–H groups in total. The Morgan fingerprint density at radius 1 is 1.28 bits per heavy atom. The maximum absolute atomic E-state index is 11.9. The normalized spacial score (nSPS) is 17.3. The molecular formula is C22H23N3O4. The molecule has 0 aliphatic carbocycles. The van der Waals surface area contributed by atoms with Crippen molar-refractivity contribution >= 4 is 22.7 Å². The topological polar surface area (TPSA) is 121 Å². The number of fused-ring (bicyclic) bond motifs is 1. The van der Waals surface area contributed by atoms with Crippen LogP contribution in [0.4, 0.5) is 0 Å². The molecule has 4 rings (SSSR count). The van der Waals surface area contributed by atoms with Gasteiger partial charge in [-0.15, -0.1) is 0 Å². The first-order valence-corrected chi connectivity index (χ1v) is 9.53. The molecule has 1 fully saturated rings. The van der Waals surface area contributed by atoms with E-state index in [1.54, 1.807) is 18.2 Å². The number of ether oxygens (including phenoxy) is 2. The number of nitrogens with one attached hydrogen (secondary N) is 2. The van der Waals surface area contributed by atoms with Gasteiger partial charge in [-0.2, -0.15) is 0 Å². The number of H-pyrrole nitrogens is 1. The Kier molecular flexibility index (Phi) is 5.22. The number of nitrogens with two attached hydrogens (primary N) is 1. The molecule has 150 valence electrons. The lowest BCUT2D eigenvalue weighted by Gasteiger charge is -2.15. The highest BCUT2D eigenvalue weighted by molar-refractivity contribution is 5.98. The minimum Gasteiger partial charge on any atom is -0.488 e. The molecule has 0 spiro atoms. The third-order valence-corrected chi connectivity index (χ3v) is 5.18. The molecule has 1 unspecified atom stereocenters. The molecule has 1 aromatic heterocycles. The van der Waals surface area contributed by atoms with Crippen LogP contribution in [0, 0.1) is 5.41 Å². The van der Waals surface area contributed by atoms with E-state index in [-0.39, 0.29) is 11.9 Å². The van der Waals surface area contributed by atoms with E-state index < -0.39 is 11.9 Å². The van der Waals surface area contributed by atoms with E-state index in [9.17, 15) is 9.90 Å². The van der Waals surface area contributed by atoms with Gasteiger partial charge in [-0.3, -0.25) is 10.2 Å². The summed E-state index contributed by atoms with van der Waals surface area (Å²) in [7, 11) is 0. The van der Waals surface area contributed by atoms with Crippen LogP contribution in [0.3, 0.4) is 0 Å². The van der Waals surface area contributed by atoms with Gasteiger partial charge in [0.1, 0.15) is 17.7 Å². The number of carboxylic acids is 1. The molecule has 0 radical (unpaired) electrons. The second-order valence-electron chi connectivity index (χ2n) is 7.28. The molecule has 1 aliphatic heterocycles. The van der Waals surface area contributed by atoms with Gasteiger partial charge in [-0.1, -0.05) is 12.1 Å². The van der Waals surface area contributed by atoms with Crippen molar-refractivity contribution in [3.63, 3.8) is 0 Å². The Labute approximate surface area is 168 Å². The number of aromatic amines is 1. The maximum atomic E-state index is 11.9. The van der Waals surface area contributed by atoms with E-state index in [0.717, 1.165) is 34.3 Å². The van der Waals surface area contributed by atoms with Crippen LogP contribution in [0.25, 0.3) is 10.9 Å². The molecule has 3 aromatic rings. The van der Waals surface area contributed by atoms with Gasteiger partial charge in [-0.25, -0.2) is 0 Å². The predicted molar refractivity (Wildman–Crippen MR) is 110 cm³/mol. The van der Waals surface area contributed by atoms with Crippen molar-refractivity contribution in [1.29, 1.82) is 5.41 Å². The number of hydrogen-bond donors (Lipinski definition) is 4. The summed E-state index contributed by atoms with van der Waals surface area (Å²) in [4.78, 5) is 15.2. The molecule has 7 heteroatoms. The van der Waals surface area contributed by atoms with Crippen molar-refractivity contribution in [3.05, 3.63) is 65.4 Å². The van der Waals surface area contributed by atoms with E-state index in [2.05, 4.69) is 4.98 Å². The van der Waals surface area contributed by atoms with Crippen LogP contribution in [0.1, 0.15) is 29.2 Å². The van der Waals surface area contributed by atoms with Gasteiger partial charge >= 0.3 is 5.97 Å². The van der Waals surface area contributed by atoms with Crippen LogP contribution in [0.5, 0.6) is 5.75 Å². The Bertz CT molecular complexity index is 1040. The first-order valence-electron chi connectivity index (χ1n) is 9.53. The van der Waals surface area contributed by atoms with Crippen LogP contribution >= 0.6 is 0 Å². The Hall–Kier alpha value is -3.32. The molecule has 7 nitrogen and oxygen atoms in total. The summed E-state index contributed by atoms with van der Waals surface area (Å²) in [6.45, 7) is 1.30. The smallest absolute Gasteiger partial charge is 0.311 e. The molecule has 2 atom stereocenters. The minimum absolute atomic E-state index is 0.00420. The fourth-order valence-electron chi connectivity index (χ4n) is 3.61. The quantitative estimate of drug-likeness (QED) is 0.363. The third kappa shape index (κ3) is 4.25. The van der Waals surface area contributed by atoms with E-state index in [0.29, 0.717) is 25.2 Å². The number of aliphatic carboxylic acids is 1. The number of carbonyl (C=O) groups is 1. The van der Waals surface area contributed by atoms with Crippen molar-refractivity contribution in [3.8, 4) is 5.75 Å². The molecule has 0 amide bonds. The van der Waals surface area contributed by atoms with Crippen LogP contribution in [-0.4, -0.2) is 41.2 Å². The maximum Gasteiger partial charge on any atom is 0.311 e. The molecule has 0 bridgehead atoms. The van der Waals surface area contributed by atoms with Crippen molar-refractivity contribution in [2.24, 2.45) is 5.73 Å². The van der Waals surface area contributed by atoms with Crippen molar-refractivity contribution in [2.45, 2.75) is 24.9 Å². The zero-order valence-electron chi connectivity index (χ0n) is 15.9. The molecular weight excluding hydrogens is 370 g/mol. The van der Waals surface area contributed by atoms with Gasteiger partial charge in [0.15, 0.2) is 0 Å². The van der Waals surface area contributed by atoms with Gasteiger partial charge in [0.25, 0.3) is 0 Å². The second-order valence-corrected chi connectivity index (χ2v) is 7.28. The van der Waals surface area contributed by atoms with Crippen molar-refractivity contribution in [2.75, 3.05) is 13.2 Å². The van der Waals surface area contributed by atoms with Gasteiger partial charge in [-0.05, 0) is 42.0 Å². The monoisotopic (exact) mass is 393 g/mol. The lowest BCUT2D eigenvalue weighted by atomic mass is 9.94. The zero-order valence-corrected chi connectivity index (χ0v) is 15.9. The number of nitrogen functional groups attached to an aromatic ring is 1. The van der Waals surface area contributed by atoms with Gasteiger partial charge < -0.3 is 25.3 Å². The zero-order chi connectivity index (χ0) is 20.4. The van der Waals surface area contributed by atoms with E-state index in [4.69, 9.17) is 20.6 Å². The first kappa shape index (κ1) is 19.0. The number of aromatic nitrogens is 1. The molecule has 2 heterocycles. The predicted octanol–water partition coefficient (Wildman–Crippen LogP) is 3.03. The summed E-state index contributed by atoms with van der Waals surface area (Å²) in [5.41, 5.74) is 8.61. The van der Waals surface area contributed by atoms with Crippen LogP contribution in [0.15, 0.2) is 48.5 Å². The van der Waals surface area contributed by atoms with Gasteiger partial charge in [0, 0.05) is 35.0 Å². The summed E-state index contributed by atoms with van der Waals surface area (Å²) >= 11 is 0. The average Bonchev–Trinajstić information content (AvgIpc) is 3.35. The highest BCUT2D eigenvalue weighted by Crippen LogP contribution is 2.26. The molecule has 0 saturated carbocycles. The molecule has 1 aliphatic rings. The lowest BCUT2D eigenvalue weighted by Crippen LogP contribution is -2.16. The third-order valence-electron chi connectivity index (χ3n) is 5.18. The van der Waals surface area contributed by atoms with Crippen molar-refractivity contribution < 1.29 is 19.4 Å². The Balaban J connectivity index is 1.52.